The topological polar surface area (TPSA) is 84.4 Å². The first kappa shape index (κ1) is 24.8. The van der Waals surface area contributed by atoms with Crippen LogP contribution < -0.4 is 20.1 Å². The zero-order valence-corrected chi connectivity index (χ0v) is 21.5. The highest BCUT2D eigenvalue weighted by atomic mass is 16.5. The maximum Gasteiger partial charge on any atom is 0.229 e. The molecule has 0 bridgehead atoms. The van der Waals surface area contributed by atoms with Gasteiger partial charge in [0.05, 0.1) is 31.1 Å². The predicted molar refractivity (Wildman–Crippen MR) is 148 cm³/mol. The minimum atomic E-state index is 0.478. The highest BCUT2D eigenvalue weighted by molar-refractivity contribution is 5.83. The van der Waals surface area contributed by atoms with Crippen molar-refractivity contribution in [1.82, 2.24) is 19.9 Å². The summed E-state index contributed by atoms with van der Waals surface area (Å²) in [6, 6.07) is 15.9. The Kier molecular flexibility index (Phi) is 7.96. The van der Waals surface area contributed by atoms with Gasteiger partial charge in [0.15, 0.2) is 11.5 Å². The molecule has 0 amide bonds. The Morgan fingerprint density at radius 3 is 2.65 bits per heavy atom. The summed E-state index contributed by atoms with van der Waals surface area (Å²) in [4.78, 5) is 16.0. The molecule has 8 nitrogen and oxygen atoms in total. The minimum Gasteiger partial charge on any atom is -0.493 e. The number of ether oxygens (including phenoxy) is 2. The van der Waals surface area contributed by atoms with E-state index >= 15 is 0 Å². The van der Waals surface area contributed by atoms with Crippen molar-refractivity contribution in [2.24, 2.45) is 0 Å². The van der Waals surface area contributed by atoms with Gasteiger partial charge in [-0.05, 0) is 75.2 Å². The van der Waals surface area contributed by atoms with Gasteiger partial charge in [-0.15, -0.1) is 0 Å². The van der Waals surface area contributed by atoms with E-state index in [1.54, 1.807) is 13.3 Å². The van der Waals surface area contributed by atoms with Gasteiger partial charge in [0, 0.05) is 29.9 Å². The molecule has 1 saturated heterocycles. The fraction of sp³-hybridized carbons (Fsp3) is 0.345. The minimum absolute atomic E-state index is 0.478. The van der Waals surface area contributed by atoms with Crippen molar-refractivity contribution >= 4 is 34.0 Å². The number of hydrogen-bond acceptors (Lipinski definition) is 8. The number of hydrogen-bond donors (Lipinski definition) is 2. The summed E-state index contributed by atoms with van der Waals surface area (Å²) in [6.07, 6.45) is 8.51. The number of rotatable bonds is 10. The quantitative estimate of drug-likeness (QED) is 0.254. The van der Waals surface area contributed by atoms with E-state index in [2.05, 4.69) is 61.7 Å². The largest absolute Gasteiger partial charge is 0.493 e. The fourth-order valence-corrected chi connectivity index (χ4v) is 4.58. The first-order valence-electron chi connectivity index (χ1n) is 12.9. The lowest BCUT2D eigenvalue weighted by atomic mass is 10.1. The van der Waals surface area contributed by atoms with Crippen LogP contribution in [0.1, 0.15) is 31.2 Å². The van der Waals surface area contributed by atoms with Gasteiger partial charge in [0.1, 0.15) is 5.82 Å². The van der Waals surface area contributed by atoms with Crippen LogP contribution in [-0.2, 0) is 0 Å². The van der Waals surface area contributed by atoms with Crippen molar-refractivity contribution in [2.45, 2.75) is 32.6 Å². The van der Waals surface area contributed by atoms with Crippen LogP contribution in [0.3, 0.4) is 0 Å². The second-order valence-corrected chi connectivity index (χ2v) is 9.41. The van der Waals surface area contributed by atoms with E-state index in [-0.39, 0.29) is 0 Å². The van der Waals surface area contributed by atoms with Gasteiger partial charge in [-0.3, -0.25) is 4.98 Å². The van der Waals surface area contributed by atoms with Crippen molar-refractivity contribution in [3.8, 4) is 11.5 Å². The maximum absolute atomic E-state index is 6.02. The first-order chi connectivity index (χ1) is 18.2. The number of aromatic nitrogens is 3. The average Bonchev–Trinajstić information content (AvgIpc) is 2.92. The first-order valence-corrected chi connectivity index (χ1v) is 12.9. The van der Waals surface area contributed by atoms with Gasteiger partial charge >= 0.3 is 0 Å². The second-order valence-electron chi connectivity index (χ2n) is 9.41. The molecule has 2 aromatic carbocycles. The number of aryl methyl sites for hydroxylation is 1. The van der Waals surface area contributed by atoms with Crippen LogP contribution in [0.5, 0.6) is 11.5 Å². The summed E-state index contributed by atoms with van der Waals surface area (Å²) >= 11 is 0. The molecule has 2 aromatic heterocycles. The lowest BCUT2D eigenvalue weighted by molar-refractivity contribution is 0.203. The number of anilines is 4. The van der Waals surface area contributed by atoms with Crippen LogP contribution in [0.4, 0.5) is 23.1 Å². The maximum atomic E-state index is 6.02. The zero-order chi connectivity index (χ0) is 25.5. The number of nitrogens with one attached hydrogen (secondary N) is 2. The number of benzene rings is 2. The number of pyridine rings is 1. The summed E-state index contributed by atoms with van der Waals surface area (Å²) in [6.45, 7) is 6.23. The highest BCUT2D eigenvalue weighted by Gasteiger charge is 2.11. The molecule has 0 saturated carbocycles. The van der Waals surface area contributed by atoms with Crippen molar-refractivity contribution in [1.29, 1.82) is 0 Å². The van der Waals surface area contributed by atoms with E-state index in [1.807, 2.05) is 30.5 Å². The van der Waals surface area contributed by atoms with Crippen LogP contribution >= 0.6 is 0 Å². The summed E-state index contributed by atoms with van der Waals surface area (Å²) in [5.74, 6) is 2.56. The monoisotopic (exact) mass is 498 g/mol. The molecule has 3 heterocycles. The van der Waals surface area contributed by atoms with E-state index in [4.69, 9.17) is 9.47 Å². The van der Waals surface area contributed by atoms with Crippen LogP contribution in [0.2, 0.25) is 0 Å². The average molecular weight is 499 g/mol. The molecule has 37 heavy (non-hydrogen) atoms. The Bertz CT molecular complexity index is 1340. The predicted octanol–water partition coefficient (Wildman–Crippen LogP) is 6.08. The smallest absolute Gasteiger partial charge is 0.229 e. The molecule has 4 aromatic rings. The Labute approximate surface area is 218 Å². The molecule has 2 N–H and O–H groups in total. The summed E-state index contributed by atoms with van der Waals surface area (Å²) in [7, 11) is 1.65. The molecule has 8 heteroatoms. The molecule has 5 rings (SSSR count). The molecule has 1 fully saturated rings. The van der Waals surface area contributed by atoms with E-state index < -0.39 is 0 Å². The molecule has 1 aliphatic rings. The SMILES string of the molecule is COc1cc(Nc2nccc(Nc3cnc4cc(C)ccc4c3)n2)ccc1OCCCN1CCCCC1. The van der Waals surface area contributed by atoms with Gasteiger partial charge in [0.2, 0.25) is 5.95 Å². The molecular formula is C29H34N6O2. The fourth-order valence-electron chi connectivity index (χ4n) is 4.58. The van der Waals surface area contributed by atoms with E-state index in [9.17, 15) is 0 Å². The van der Waals surface area contributed by atoms with Gasteiger partial charge in [-0.25, -0.2) is 4.98 Å². The molecule has 0 spiro atoms. The molecule has 1 aliphatic heterocycles. The lowest BCUT2D eigenvalue weighted by Crippen LogP contribution is -2.31. The lowest BCUT2D eigenvalue weighted by Gasteiger charge is -2.26. The van der Waals surface area contributed by atoms with E-state index in [0.717, 1.165) is 41.0 Å². The van der Waals surface area contributed by atoms with Crippen molar-refractivity contribution in [3.63, 3.8) is 0 Å². The Hall–Kier alpha value is -3.91. The molecule has 0 radical (unpaired) electrons. The summed E-state index contributed by atoms with van der Waals surface area (Å²) < 4.78 is 11.6. The van der Waals surface area contributed by atoms with Crippen molar-refractivity contribution in [2.75, 3.05) is 44.0 Å². The van der Waals surface area contributed by atoms with Gasteiger partial charge in [0.25, 0.3) is 0 Å². The molecule has 0 atom stereocenters. The number of methoxy groups -OCH3 is 1. The number of fused-ring (bicyclic) bond motifs is 1. The van der Waals surface area contributed by atoms with Gasteiger partial charge < -0.3 is 25.0 Å². The number of likely N-dealkylation sites (tertiary alicyclic amines) is 1. The van der Waals surface area contributed by atoms with Gasteiger partial charge in [-0.1, -0.05) is 18.6 Å². The van der Waals surface area contributed by atoms with Crippen LogP contribution in [0.15, 0.2) is 60.9 Å². The Morgan fingerprint density at radius 2 is 1.78 bits per heavy atom. The van der Waals surface area contributed by atoms with Gasteiger partial charge in [-0.2, -0.15) is 4.98 Å². The van der Waals surface area contributed by atoms with Crippen LogP contribution in [-0.4, -0.2) is 53.2 Å². The third-order valence-electron chi connectivity index (χ3n) is 6.51. The molecule has 0 aliphatic carbocycles. The van der Waals surface area contributed by atoms with Crippen molar-refractivity contribution < 1.29 is 9.47 Å². The normalized spacial score (nSPS) is 13.9. The standard InChI is InChI=1S/C29H34N6O2/c1-21-7-8-22-18-24(20-31-25(22)17-21)32-28-11-12-30-29(34-28)33-23-9-10-26(27(19-23)36-2)37-16-6-15-35-13-4-3-5-14-35/h7-12,17-20H,3-6,13-16H2,1-2H3,(H2,30,32,33,34). The van der Waals surface area contributed by atoms with Crippen molar-refractivity contribution in [3.05, 3.63) is 66.5 Å². The number of nitrogens with zero attached hydrogens (tertiary/aromatic N) is 4. The zero-order valence-electron chi connectivity index (χ0n) is 21.5. The number of piperidine rings is 1. The van der Waals surface area contributed by atoms with Crippen LogP contribution in [0.25, 0.3) is 10.9 Å². The second kappa shape index (κ2) is 11.9. The van der Waals surface area contributed by atoms with E-state index in [0.29, 0.717) is 24.1 Å². The molecular weight excluding hydrogens is 464 g/mol. The van der Waals surface area contributed by atoms with Crippen LogP contribution in [0, 0.1) is 6.92 Å². The molecule has 192 valence electrons. The summed E-state index contributed by atoms with van der Waals surface area (Å²) in [5, 5.41) is 7.65. The Balaban J connectivity index is 1.19. The molecule has 0 unspecified atom stereocenters. The summed E-state index contributed by atoms with van der Waals surface area (Å²) in [5.41, 5.74) is 3.84. The van der Waals surface area contributed by atoms with E-state index in [1.165, 1.54) is 37.9 Å². The Morgan fingerprint density at radius 1 is 0.892 bits per heavy atom. The third kappa shape index (κ3) is 6.65. The highest BCUT2D eigenvalue weighted by Crippen LogP contribution is 2.31. The third-order valence-corrected chi connectivity index (χ3v) is 6.51.